The van der Waals surface area contributed by atoms with Crippen LogP contribution in [0.1, 0.15) is 12.8 Å². The number of hydrogen-bond donors (Lipinski definition) is 1. The maximum absolute atomic E-state index is 8.03. The first kappa shape index (κ1) is 10.0. The van der Waals surface area contributed by atoms with Crippen molar-refractivity contribution < 1.29 is 34.7 Å². The van der Waals surface area contributed by atoms with Crippen molar-refractivity contribution in [2.75, 3.05) is 6.61 Å². The molecule has 1 nitrogen and oxygen atoms in total. The Labute approximate surface area is 61.0 Å². The summed E-state index contributed by atoms with van der Waals surface area (Å²) in [5.74, 6) is 0. The van der Waals surface area contributed by atoms with E-state index in [9.17, 15) is 0 Å². The second kappa shape index (κ2) is 9.35. The molecule has 0 aromatic heterocycles. The molecule has 0 aromatic rings. The van der Waals surface area contributed by atoms with Crippen LogP contribution in [0.5, 0.6) is 0 Å². The molecule has 0 unspecified atom stereocenters. The quantitative estimate of drug-likeness (QED) is 0.300. The van der Waals surface area contributed by atoms with E-state index in [1.165, 1.54) is 0 Å². The molecule has 32 valence electrons. The molecule has 0 radical (unpaired) electrons. The minimum atomic E-state index is 0. The predicted octanol–water partition coefficient (Wildman–Crippen LogP) is -2.40. The molecule has 1 N–H and O–H groups in total. The van der Waals surface area contributed by atoms with Gasteiger partial charge in [0.15, 0.2) is 0 Å². The van der Waals surface area contributed by atoms with Gasteiger partial charge in [0.05, 0.1) is 0 Å². The van der Waals surface area contributed by atoms with E-state index in [1.807, 2.05) is 0 Å². The van der Waals surface area contributed by atoms with Crippen LogP contribution < -0.4 is 29.6 Å². The molecule has 0 atom stereocenters. The van der Waals surface area contributed by atoms with E-state index < -0.39 is 0 Å². The van der Waals surface area contributed by atoms with Crippen LogP contribution in [0.2, 0.25) is 0 Å². The van der Waals surface area contributed by atoms with Gasteiger partial charge < -0.3 is 12.0 Å². The summed E-state index contributed by atoms with van der Waals surface area (Å²) in [6.07, 6.45) is 1.68. The molecule has 6 heavy (non-hydrogen) atoms. The molecule has 0 saturated carbocycles. The fourth-order valence-corrected chi connectivity index (χ4v) is 0.112. The summed E-state index contributed by atoms with van der Waals surface area (Å²) >= 11 is 0. The predicted molar refractivity (Wildman–Crippen MR) is 21.7 cm³/mol. The third kappa shape index (κ3) is 8.88. The van der Waals surface area contributed by atoms with Gasteiger partial charge in [-0.05, 0) is 0 Å². The number of unbranched alkanes of at least 4 members (excludes halogenated alkanes) is 1. The van der Waals surface area contributed by atoms with E-state index in [-0.39, 0.29) is 36.2 Å². The first-order valence-corrected chi connectivity index (χ1v) is 1.82. The summed E-state index contributed by atoms with van der Waals surface area (Å²) in [7, 11) is 0. The molecule has 0 heterocycles. The molecule has 0 amide bonds. The Morgan fingerprint density at radius 3 is 2.00 bits per heavy atom. The average molecular weight is 96.1 g/mol. The summed E-state index contributed by atoms with van der Waals surface area (Å²) < 4.78 is 0. The van der Waals surface area contributed by atoms with Crippen LogP contribution in [0.25, 0.3) is 0 Å². The van der Waals surface area contributed by atoms with Crippen molar-refractivity contribution in [3.05, 3.63) is 6.92 Å². The van der Waals surface area contributed by atoms with Crippen molar-refractivity contribution in [2.45, 2.75) is 12.8 Å². The molecule has 0 rings (SSSR count). The second-order valence-corrected chi connectivity index (χ2v) is 0.931. The van der Waals surface area contributed by atoms with Gasteiger partial charge in [0, 0.05) is 6.61 Å². The number of hydrogen-bond acceptors (Lipinski definition) is 1. The number of aliphatic hydroxyl groups is 1. The van der Waals surface area contributed by atoms with Gasteiger partial charge in [-0.1, -0.05) is 6.42 Å². The van der Waals surface area contributed by atoms with Crippen molar-refractivity contribution >= 4 is 0 Å². The Bertz CT molecular complexity index is 15.0. The fraction of sp³-hybridized carbons (Fsp3) is 0.750. The minimum absolute atomic E-state index is 0. The fourth-order valence-electron chi connectivity index (χ4n) is 0.112. The Hall–Kier alpha value is 0.960. The second-order valence-electron chi connectivity index (χ2n) is 0.931. The van der Waals surface area contributed by atoms with E-state index in [0.29, 0.717) is 0 Å². The van der Waals surface area contributed by atoms with Gasteiger partial charge in [0.2, 0.25) is 0 Å². The average Bonchev–Trinajstić information content (AvgIpc) is 1.41. The van der Waals surface area contributed by atoms with Crippen molar-refractivity contribution in [1.82, 2.24) is 0 Å². The maximum atomic E-state index is 8.03. The van der Waals surface area contributed by atoms with Gasteiger partial charge in [-0.3, -0.25) is 0 Å². The molecule has 0 aliphatic carbocycles. The number of rotatable bonds is 2. The van der Waals surface area contributed by atoms with Crippen LogP contribution >= 0.6 is 0 Å². The molecule has 0 aromatic carbocycles. The molecular weight excluding hydrogens is 87.0 g/mol. The van der Waals surface area contributed by atoms with Gasteiger partial charge in [-0.15, -0.1) is 0 Å². The van der Waals surface area contributed by atoms with E-state index >= 15 is 0 Å². The van der Waals surface area contributed by atoms with Crippen LogP contribution in [0.3, 0.4) is 0 Å². The molecule has 2 heteroatoms. The van der Waals surface area contributed by atoms with E-state index in [1.54, 1.807) is 0 Å². The summed E-state index contributed by atoms with van der Waals surface area (Å²) in [6, 6.07) is 0. The van der Waals surface area contributed by atoms with Crippen molar-refractivity contribution in [3.8, 4) is 0 Å². The SMILES string of the molecule is [CH2-]CCCO.[Na+]. The van der Waals surface area contributed by atoms with Crippen molar-refractivity contribution in [1.29, 1.82) is 0 Å². The maximum Gasteiger partial charge on any atom is 1.00 e. The molecule has 0 saturated heterocycles. The minimum Gasteiger partial charge on any atom is -0.396 e. The number of aliphatic hydroxyl groups excluding tert-OH is 1. The molecule has 0 spiro atoms. The van der Waals surface area contributed by atoms with Crippen molar-refractivity contribution in [2.24, 2.45) is 0 Å². The zero-order valence-corrected chi connectivity index (χ0v) is 6.28. The Kier molecular flexibility index (Phi) is 15.7. The zero-order chi connectivity index (χ0) is 4.12. The first-order chi connectivity index (χ1) is 2.41. The summed E-state index contributed by atoms with van der Waals surface area (Å²) in [6.45, 7) is 3.80. The molecule has 0 aliphatic heterocycles. The topological polar surface area (TPSA) is 20.2 Å². The smallest absolute Gasteiger partial charge is 0.396 e. The monoisotopic (exact) mass is 96.1 g/mol. The summed E-state index contributed by atoms with van der Waals surface area (Å²) in [4.78, 5) is 0. The van der Waals surface area contributed by atoms with Crippen LogP contribution in [0.4, 0.5) is 0 Å². The van der Waals surface area contributed by atoms with Crippen LogP contribution in [-0.4, -0.2) is 11.7 Å². The normalized spacial score (nSPS) is 7.00. The summed E-state index contributed by atoms with van der Waals surface area (Å²) in [5, 5.41) is 8.03. The largest absolute Gasteiger partial charge is 1.00 e. The van der Waals surface area contributed by atoms with E-state index in [2.05, 4.69) is 6.92 Å². The van der Waals surface area contributed by atoms with Crippen LogP contribution in [0.15, 0.2) is 0 Å². The van der Waals surface area contributed by atoms with Gasteiger partial charge in [-0.2, -0.15) is 6.42 Å². The molecular formula is C4H9NaO. The third-order valence-corrected chi connectivity index (χ3v) is 0.408. The zero-order valence-electron chi connectivity index (χ0n) is 4.28. The van der Waals surface area contributed by atoms with Gasteiger partial charge in [-0.25, -0.2) is 0 Å². The van der Waals surface area contributed by atoms with Crippen LogP contribution in [-0.2, 0) is 0 Å². The molecule has 0 fully saturated rings. The first-order valence-electron chi connectivity index (χ1n) is 1.82. The van der Waals surface area contributed by atoms with E-state index in [0.717, 1.165) is 12.8 Å². The van der Waals surface area contributed by atoms with Gasteiger partial charge >= 0.3 is 29.6 Å². The molecule has 0 aliphatic rings. The summed E-state index contributed by atoms with van der Waals surface area (Å²) in [5.41, 5.74) is 0. The standard InChI is InChI=1S/C4H9O.Na/c1-2-3-4-5;/h5H,1-4H2;/q-1;+1. The van der Waals surface area contributed by atoms with Gasteiger partial charge in [0.1, 0.15) is 0 Å². The Morgan fingerprint density at radius 1 is 1.50 bits per heavy atom. The van der Waals surface area contributed by atoms with Crippen molar-refractivity contribution in [3.63, 3.8) is 0 Å². The third-order valence-electron chi connectivity index (χ3n) is 0.408. The van der Waals surface area contributed by atoms with Crippen LogP contribution in [0, 0.1) is 6.92 Å². The van der Waals surface area contributed by atoms with Gasteiger partial charge in [0.25, 0.3) is 0 Å². The Balaban J connectivity index is 0. The Morgan fingerprint density at radius 2 is 2.00 bits per heavy atom. The van der Waals surface area contributed by atoms with E-state index in [4.69, 9.17) is 5.11 Å². The molecule has 0 bridgehead atoms.